The molecule has 2 aliphatic rings. The number of esters is 1. The molecule has 0 saturated carbocycles. The van der Waals surface area contributed by atoms with Gasteiger partial charge in [-0.15, -0.1) is 11.8 Å². The van der Waals surface area contributed by atoms with Crippen LogP contribution in [0.1, 0.15) is 40.5 Å². The van der Waals surface area contributed by atoms with Crippen molar-refractivity contribution in [3.8, 4) is 11.5 Å². The molecule has 3 amide bonds. The number of rotatable bonds is 9. The molecule has 1 atom stereocenters. The number of hydrogen-bond acceptors (Lipinski definition) is 10. The maximum atomic E-state index is 14.1. The SMILES string of the molecule is CCN(CC)c1ncc(N(CC)C(=O)N2CCSC2)c([N+]2(C(=O)Oc3ccc(OC(=O)[C@H](C)N)cc3)CCCC2)n1. The third-order valence-electron chi connectivity index (χ3n) is 7.35. The van der Waals surface area contributed by atoms with E-state index in [0.717, 1.165) is 18.6 Å². The Labute approximate surface area is 245 Å². The number of anilines is 2. The predicted octanol–water partition coefficient (Wildman–Crippen LogP) is 3.83. The molecule has 0 spiro atoms. The smallest absolute Gasteiger partial charge is 0.425 e. The van der Waals surface area contributed by atoms with Crippen LogP contribution in [0.5, 0.6) is 11.5 Å². The summed E-state index contributed by atoms with van der Waals surface area (Å²) in [5.41, 5.74) is 6.09. The summed E-state index contributed by atoms with van der Waals surface area (Å²) in [5, 5.41) is 0. The zero-order valence-electron chi connectivity index (χ0n) is 24.2. The molecule has 2 fully saturated rings. The van der Waals surface area contributed by atoms with E-state index in [4.69, 9.17) is 20.2 Å². The Morgan fingerprint density at radius 3 is 2.22 bits per heavy atom. The second-order valence-corrected chi connectivity index (χ2v) is 11.1. The number of nitrogens with two attached hydrogens (primary N) is 1. The average molecular weight is 587 g/mol. The summed E-state index contributed by atoms with van der Waals surface area (Å²) in [4.78, 5) is 54.6. The molecule has 0 aliphatic carbocycles. The van der Waals surface area contributed by atoms with Crippen molar-refractivity contribution in [1.29, 1.82) is 0 Å². The van der Waals surface area contributed by atoms with Gasteiger partial charge >= 0.3 is 18.1 Å². The molecule has 222 valence electrons. The average Bonchev–Trinajstić information content (AvgIpc) is 3.69. The molecule has 0 radical (unpaired) electrons. The van der Waals surface area contributed by atoms with E-state index in [1.54, 1.807) is 54.0 Å². The van der Waals surface area contributed by atoms with Crippen LogP contribution in [-0.2, 0) is 4.79 Å². The lowest BCUT2D eigenvalue weighted by Gasteiger charge is -2.33. The van der Waals surface area contributed by atoms with Crippen LogP contribution in [0.15, 0.2) is 30.5 Å². The van der Waals surface area contributed by atoms with Crippen LogP contribution in [0.25, 0.3) is 0 Å². The molecular weight excluding hydrogens is 546 g/mol. The highest BCUT2D eigenvalue weighted by Gasteiger charge is 2.49. The standard InChI is InChI=1S/C28H40N7O5S/c1-5-32(6-2)26-30-18-23(34(7-3)27(37)33-14-17-41-19-33)24(31-26)35(15-8-9-16-35)28(38)40-22-12-10-21(11-13-22)39-25(36)20(4)29/h10-13,18,20H,5-9,14-17,19,29H2,1-4H3/q+1/t20-/m0/s1. The highest BCUT2D eigenvalue weighted by Crippen LogP contribution is 2.39. The first-order valence-corrected chi connectivity index (χ1v) is 15.3. The molecule has 1 aromatic carbocycles. The van der Waals surface area contributed by atoms with Crippen molar-refractivity contribution in [3.63, 3.8) is 0 Å². The van der Waals surface area contributed by atoms with Gasteiger partial charge in [-0.3, -0.25) is 4.90 Å². The fraction of sp³-hybridized carbons (Fsp3) is 0.536. The Morgan fingerprint density at radius 1 is 1.05 bits per heavy atom. The number of nitrogens with zero attached hydrogens (tertiary/aromatic N) is 6. The van der Waals surface area contributed by atoms with Crippen LogP contribution in [0, 0.1) is 0 Å². The first-order chi connectivity index (χ1) is 19.7. The van der Waals surface area contributed by atoms with Crippen molar-refractivity contribution in [3.05, 3.63) is 30.5 Å². The third-order valence-corrected chi connectivity index (χ3v) is 8.31. The monoisotopic (exact) mass is 586 g/mol. The van der Waals surface area contributed by atoms with Crippen LogP contribution in [-0.4, -0.2) is 89.9 Å². The predicted molar refractivity (Wildman–Crippen MR) is 161 cm³/mol. The number of quaternary nitrogens is 1. The van der Waals surface area contributed by atoms with E-state index in [0.29, 0.717) is 74.1 Å². The van der Waals surface area contributed by atoms with Gasteiger partial charge in [0.05, 0.1) is 25.2 Å². The van der Waals surface area contributed by atoms with Gasteiger partial charge in [0.15, 0.2) is 0 Å². The van der Waals surface area contributed by atoms with Crippen LogP contribution < -0.4 is 29.5 Å². The van der Waals surface area contributed by atoms with Crippen molar-refractivity contribution in [1.82, 2.24) is 19.4 Å². The molecule has 2 saturated heterocycles. The van der Waals surface area contributed by atoms with Crippen LogP contribution in [0.2, 0.25) is 0 Å². The lowest BCUT2D eigenvalue weighted by atomic mass is 10.3. The molecule has 12 nitrogen and oxygen atoms in total. The normalized spacial score (nSPS) is 16.8. The molecule has 0 unspecified atom stereocenters. The molecular formula is C28H40N7O5S+. The molecule has 1 aromatic heterocycles. The van der Waals surface area contributed by atoms with Crippen molar-refractivity contribution in [2.75, 3.05) is 60.7 Å². The number of thioether (sulfide) groups is 1. The Hall–Kier alpha value is -3.42. The van der Waals surface area contributed by atoms with E-state index >= 15 is 0 Å². The first kappa shape index (κ1) is 30.5. The van der Waals surface area contributed by atoms with E-state index in [9.17, 15) is 14.4 Å². The van der Waals surface area contributed by atoms with Gasteiger partial charge in [-0.05, 0) is 52.0 Å². The molecule has 2 aliphatic heterocycles. The number of likely N-dealkylation sites (tertiary alicyclic amines) is 1. The maximum absolute atomic E-state index is 14.1. The molecule has 41 heavy (non-hydrogen) atoms. The summed E-state index contributed by atoms with van der Waals surface area (Å²) in [6.07, 6.45) is 2.78. The molecule has 4 rings (SSSR count). The van der Waals surface area contributed by atoms with E-state index in [1.807, 2.05) is 30.6 Å². The van der Waals surface area contributed by atoms with Crippen molar-refractivity contribution in [2.45, 2.75) is 46.6 Å². The van der Waals surface area contributed by atoms with Gasteiger partial charge in [0.2, 0.25) is 5.95 Å². The highest BCUT2D eigenvalue weighted by atomic mass is 32.2. The van der Waals surface area contributed by atoms with Crippen LogP contribution in [0.3, 0.4) is 0 Å². The van der Waals surface area contributed by atoms with Crippen molar-refractivity contribution >= 4 is 47.3 Å². The Kier molecular flexibility index (Phi) is 10.1. The molecule has 2 N–H and O–H groups in total. The number of carbonyl (C=O) groups is 3. The summed E-state index contributed by atoms with van der Waals surface area (Å²) in [6.45, 7) is 10.9. The number of hydrogen-bond donors (Lipinski definition) is 1. The van der Waals surface area contributed by atoms with Gasteiger partial charge in [0, 0.05) is 44.8 Å². The summed E-state index contributed by atoms with van der Waals surface area (Å²) in [5.74, 6) is 2.54. The minimum Gasteiger partial charge on any atom is -0.425 e. The molecule has 0 bridgehead atoms. The second-order valence-electron chi connectivity index (χ2n) is 10.1. The minimum atomic E-state index is -0.755. The van der Waals surface area contributed by atoms with Gasteiger partial charge < -0.3 is 25.0 Å². The van der Waals surface area contributed by atoms with E-state index in [-0.39, 0.29) is 10.5 Å². The Morgan fingerprint density at radius 2 is 1.68 bits per heavy atom. The number of benzene rings is 1. The Bertz CT molecular complexity index is 1230. The number of carbonyl (C=O) groups excluding carboxylic acids is 3. The van der Waals surface area contributed by atoms with Crippen LogP contribution in [0.4, 0.5) is 27.0 Å². The minimum absolute atomic E-state index is 0.124. The van der Waals surface area contributed by atoms with Crippen molar-refractivity contribution < 1.29 is 23.9 Å². The number of ether oxygens (including phenoxy) is 2. The maximum Gasteiger partial charge on any atom is 0.528 e. The van der Waals surface area contributed by atoms with E-state index in [2.05, 4.69) is 4.98 Å². The lowest BCUT2D eigenvalue weighted by Crippen LogP contribution is -2.55. The van der Waals surface area contributed by atoms with Crippen LogP contribution >= 0.6 is 11.8 Å². The number of amides is 3. The quantitative estimate of drug-likeness (QED) is 0.263. The molecule has 13 heteroatoms. The summed E-state index contributed by atoms with van der Waals surface area (Å²) in [6, 6.07) is 5.37. The highest BCUT2D eigenvalue weighted by molar-refractivity contribution is 7.99. The topological polar surface area (TPSA) is 131 Å². The zero-order chi connectivity index (χ0) is 29.6. The summed E-state index contributed by atoms with van der Waals surface area (Å²) in [7, 11) is 0. The third kappa shape index (κ3) is 6.57. The second kappa shape index (κ2) is 13.5. The number of aromatic nitrogens is 2. The summed E-state index contributed by atoms with van der Waals surface area (Å²) >= 11 is 1.71. The number of urea groups is 1. The lowest BCUT2D eigenvalue weighted by molar-refractivity contribution is -0.135. The van der Waals surface area contributed by atoms with Crippen molar-refractivity contribution in [2.24, 2.45) is 5.73 Å². The van der Waals surface area contributed by atoms with Gasteiger partial charge in [-0.25, -0.2) is 14.6 Å². The Balaban J connectivity index is 1.71. The molecule has 3 heterocycles. The van der Waals surface area contributed by atoms with E-state index in [1.165, 1.54) is 0 Å². The first-order valence-electron chi connectivity index (χ1n) is 14.2. The fourth-order valence-electron chi connectivity index (χ4n) is 5.00. The molecule has 2 aromatic rings. The van der Waals surface area contributed by atoms with E-state index < -0.39 is 18.1 Å². The summed E-state index contributed by atoms with van der Waals surface area (Å²) < 4.78 is 11.0. The van der Waals surface area contributed by atoms with Gasteiger partial charge in [0.1, 0.15) is 23.2 Å². The van der Waals surface area contributed by atoms with Gasteiger partial charge in [0.25, 0.3) is 5.82 Å². The largest absolute Gasteiger partial charge is 0.528 e. The van der Waals surface area contributed by atoms with Gasteiger partial charge in [-0.2, -0.15) is 14.3 Å². The fourth-order valence-corrected chi connectivity index (χ4v) is 5.93. The van der Waals surface area contributed by atoms with Gasteiger partial charge in [-0.1, -0.05) is 0 Å². The zero-order valence-corrected chi connectivity index (χ0v) is 25.1.